The number of nitrogens with zero attached hydrogens (tertiary/aromatic N) is 2. The Balaban J connectivity index is 2.09. The molecule has 0 aromatic heterocycles. The summed E-state index contributed by atoms with van der Waals surface area (Å²) in [6, 6.07) is 11.6. The van der Waals surface area contributed by atoms with E-state index in [1.807, 2.05) is 6.19 Å². The number of amidine groups is 1. The van der Waals surface area contributed by atoms with Crippen molar-refractivity contribution >= 4 is 34.2 Å². The summed E-state index contributed by atoms with van der Waals surface area (Å²) >= 11 is 1.28. The Morgan fingerprint density at radius 2 is 1.65 bits per heavy atom. The number of aliphatic imine (C=N–C) groups is 1. The highest BCUT2D eigenvalue weighted by Gasteiger charge is 2.29. The Labute approximate surface area is 137 Å². The van der Waals surface area contributed by atoms with Gasteiger partial charge in [-0.3, -0.25) is 14.9 Å². The molecule has 0 unspecified atom stereocenters. The average molecular weight is 321 g/mol. The number of rotatable bonds is 1. The van der Waals surface area contributed by atoms with Crippen molar-refractivity contribution in [1.29, 1.82) is 5.26 Å². The van der Waals surface area contributed by atoms with E-state index >= 15 is 0 Å². The maximum absolute atomic E-state index is 12.6. The molecule has 0 heterocycles. The lowest BCUT2D eigenvalue weighted by molar-refractivity contribution is 0.0979. The van der Waals surface area contributed by atoms with Crippen LogP contribution in [0.4, 0.5) is 5.69 Å². The van der Waals surface area contributed by atoms with Crippen LogP contribution in [0.2, 0.25) is 0 Å². The summed E-state index contributed by atoms with van der Waals surface area (Å²) < 4.78 is 0. The van der Waals surface area contributed by atoms with Crippen molar-refractivity contribution < 1.29 is 9.59 Å². The Bertz CT molecular complexity index is 897. The highest BCUT2D eigenvalue weighted by atomic mass is 32.2. The fourth-order valence-corrected chi connectivity index (χ4v) is 2.79. The van der Waals surface area contributed by atoms with Gasteiger partial charge in [0.2, 0.25) is 0 Å². The number of nitrogens with one attached hydrogen (secondary N) is 1. The molecule has 0 fully saturated rings. The molecule has 0 saturated heterocycles. The summed E-state index contributed by atoms with van der Waals surface area (Å²) in [5, 5.41) is 11.6. The minimum absolute atomic E-state index is 0.161. The van der Waals surface area contributed by atoms with Gasteiger partial charge in [-0.1, -0.05) is 36.0 Å². The van der Waals surface area contributed by atoms with Crippen LogP contribution in [-0.4, -0.2) is 23.0 Å². The van der Waals surface area contributed by atoms with Crippen LogP contribution >= 0.6 is 11.8 Å². The third kappa shape index (κ3) is 2.62. The van der Waals surface area contributed by atoms with Gasteiger partial charge in [0.1, 0.15) is 0 Å². The van der Waals surface area contributed by atoms with Crippen molar-refractivity contribution in [3.8, 4) is 6.19 Å². The van der Waals surface area contributed by atoms with Crippen LogP contribution in [0.15, 0.2) is 47.5 Å². The van der Waals surface area contributed by atoms with E-state index in [0.717, 1.165) is 0 Å². The van der Waals surface area contributed by atoms with Gasteiger partial charge in [0, 0.05) is 22.3 Å². The smallest absolute Gasteiger partial charge is 0.194 e. The first-order valence-corrected chi connectivity index (χ1v) is 7.98. The minimum atomic E-state index is -0.189. The van der Waals surface area contributed by atoms with Crippen LogP contribution in [0.25, 0.3) is 0 Å². The molecule has 3 rings (SSSR count). The lowest BCUT2D eigenvalue weighted by atomic mass is 9.84. The highest BCUT2D eigenvalue weighted by Crippen LogP contribution is 2.30. The van der Waals surface area contributed by atoms with Crippen LogP contribution in [0.3, 0.4) is 0 Å². The number of carbonyl (C=O) groups is 2. The van der Waals surface area contributed by atoms with E-state index < -0.39 is 0 Å². The van der Waals surface area contributed by atoms with Gasteiger partial charge >= 0.3 is 0 Å². The fourth-order valence-electron chi connectivity index (χ4n) is 2.45. The van der Waals surface area contributed by atoms with Crippen molar-refractivity contribution in [1.82, 2.24) is 5.32 Å². The highest BCUT2D eigenvalue weighted by molar-refractivity contribution is 8.13. The molecular formula is C17H11N3O2S. The van der Waals surface area contributed by atoms with Crippen LogP contribution < -0.4 is 5.32 Å². The molecule has 0 bridgehead atoms. The standard InChI is InChI=1S/C17H11N3O2S/c1-23-17(19-9-18)20-10-6-7-13-14(8-10)16(22)12-5-3-2-4-11(12)15(13)21/h2-8H,1H3,(H,19,20). The van der Waals surface area contributed by atoms with Crippen LogP contribution in [0, 0.1) is 11.5 Å². The second-order valence-electron chi connectivity index (χ2n) is 4.79. The molecule has 6 heteroatoms. The van der Waals surface area contributed by atoms with E-state index in [-0.39, 0.29) is 11.6 Å². The Morgan fingerprint density at radius 3 is 2.26 bits per heavy atom. The number of benzene rings is 2. The van der Waals surface area contributed by atoms with Gasteiger partial charge in [-0.2, -0.15) is 5.26 Å². The number of hydrogen-bond donors (Lipinski definition) is 1. The molecule has 0 radical (unpaired) electrons. The van der Waals surface area contributed by atoms with Gasteiger partial charge < -0.3 is 0 Å². The number of ketones is 2. The second kappa shape index (κ2) is 6.07. The van der Waals surface area contributed by atoms with Crippen LogP contribution in [-0.2, 0) is 0 Å². The average Bonchev–Trinajstić information content (AvgIpc) is 2.59. The predicted molar refractivity (Wildman–Crippen MR) is 89.1 cm³/mol. The SMILES string of the molecule is CSC(=Nc1ccc2c(c1)C(=O)c1ccccc1C2=O)NC#N. The van der Waals surface area contributed by atoms with Crippen molar-refractivity contribution in [2.75, 3.05) is 6.26 Å². The van der Waals surface area contributed by atoms with E-state index in [2.05, 4.69) is 10.3 Å². The van der Waals surface area contributed by atoms with Crippen molar-refractivity contribution in [3.63, 3.8) is 0 Å². The fraction of sp³-hybridized carbons (Fsp3) is 0.0588. The molecule has 1 aliphatic rings. The number of thioether (sulfide) groups is 1. The summed E-state index contributed by atoms with van der Waals surface area (Å²) in [7, 11) is 0. The lowest BCUT2D eigenvalue weighted by Gasteiger charge is -2.17. The van der Waals surface area contributed by atoms with E-state index in [1.165, 1.54) is 11.8 Å². The van der Waals surface area contributed by atoms with Crippen LogP contribution in [0.1, 0.15) is 31.8 Å². The lowest BCUT2D eigenvalue weighted by Crippen LogP contribution is -2.20. The molecule has 0 spiro atoms. The summed E-state index contributed by atoms with van der Waals surface area (Å²) in [6.07, 6.45) is 3.59. The summed E-state index contributed by atoms with van der Waals surface area (Å²) in [6.45, 7) is 0. The Hall–Kier alpha value is -2.91. The quantitative estimate of drug-likeness (QED) is 0.322. The maximum Gasteiger partial charge on any atom is 0.194 e. The molecule has 112 valence electrons. The van der Waals surface area contributed by atoms with Crippen molar-refractivity contribution in [2.45, 2.75) is 0 Å². The van der Waals surface area contributed by atoms with Gasteiger partial charge in [0.05, 0.1) is 5.69 Å². The first-order chi connectivity index (χ1) is 11.2. The number of fused-ring (bicyclic) bond motifs is 2. The second-order valence-corrected chi connectivity index (χ2v) is 5.59. The van der Waals surface area contributed by atoms with E-state index in [0.29, 0.717) is 33.1 Å². The third-order valence-corrected chi connectivity index (χ3v) is 4.08. The first-order valence-electron chi connectivity index (χ1n) is 6.76. The zero-order valence-electron chi connectivity index (χ0n) is 12.2. The van der Waals surface area contributed by atoms with Gasteiger partial charge in [0.25, 0.3) is 0 Å². The van der Waals surface area contributed by atoms with Gasteiger partial charge in [-0.05, 0) is 24.5 Å². The van der Waals surface area contributed by atoms with Gasteiger partial charge in [0.15, 0.2) is 22.9 Å². The molecule has 0 amide bonds. The third-order valence-electron chi connectivity index (χ3n) is 3.50. The molecule has 2 aromatic carbocycles. The Kier molecular flexibility index (Phi) is 3.96. The number of nitriles is 1. The maximum atomic E-state index is 12.6. The monoisotopic (exact) mass is 321 g/mol. The largest absolute Gasteiger partial charge is 0.289 e. The molecule has 0 aliphatic heterocycles. The van der Waals surface area contributed by atoms with Crippen LogP contribution in [0.5, 0.6) is 0 Å². The summed E-state index contributed by atoms with van der Waals surface area (Å²) in [4.78, 5) is 29.4. The molecular weight excluding hydrogens is 310 g/mol. The molecule has 0 atom stereocenters. The van der Waals surface area contributed by atoms with Crippen molar-refractivity contribution in [3.05, 3.63) is 64.7 Å². The predicted octanol–water partition coefficient (Wildman–Crippen LogP) is 2.88. The number of carbonyl (C=O) groups excluding carboxylic acids is 2. The molecule has 23 heavy (non-hydrogen) atoms. The normalized spacial score (nSPS) is 13.1. The summed E-state index contributed by atoms with van der Waals surface area (Å²) in [5.74, 6) is -0.350. The molecule has 5 nitrogen and oxygen atoms in total. The summed E-state index contributed by atoms with van der Waals surface area (Å²) in [5.41, 5.74) is 2.07. The van der Waals surface area contributed by atoms with Gasteiger partial charge in [-0.25, -0.2) is 4.99 Å². The Morgan fingerprint density at radius 1 is 1.04 bits per heavy atom. The topological polar surface area (TPSA) is 82.3 Å². The van der Waals surface area contributed by atoms with E-state index in [4.69, 9.17) is 5.26 Å². The van der Waals surface area contributed by atoms with E-state index in [1.54, 1.807) is 48.7 Å². The molecule has 1 N–H and O–H groups in total. The zero-order chi connectivity index (χ0) is 16.4. The van der Waals surface area contributed by atoms with Crippen molar-refractivity contribution in [2.24, 2.45) is 4.99 Å². The molecule has 1 aliphatic carbocycles. The number of hydrogen-bond acceptors (Lipinski definition) is 5. The zero-order valence-corrected chi connectivity index (χ0v) is 13.0. The first kappa shape index (κ1) is 15.0. The van der Waals surface area contributed by atoms with Gasteiger partial charge in [-0.15, -0.1) is 0 Å². The minimum Gasteiger partial charge on any atom is -0.289 e. The molecule has 0 saturated carbocycles. The molecule has 2 aromatic rings. The van der Waals surface area contributed by atoms with E-state index in [9.17, 15) is 9.59 Å².